The minimum absolute atomic E-state index is 0.140. The Hall–Kier alpha value is -1.91. The van der Waals surface area contributed by atoms with Crippen LogP contribution >= 0.6 is 23.2 Å². The molecule has 2 aromatic rings. The molecule has 23 heavy (non-hydrogen) atoms. The number of ether oxygens (including phenoxy) is 2. The van der Waals surface area contributed by atoms with Crippen LogP contribution in [0.25, 0.3) is 0 Å². The predicted octanol–water partition coefficient (Wildman–Crippen LogP) is 3.52. The summed E-state index contributed by atoms with van der Waals surface area (Å²) in [6.45, 7) is 0. The van der Waals surface area contributed by atoms with Crippen molar-refractivity contribution in [2.75, 3.05) is 14.2 Å². The highest BCUT2D eigenvalue weighted by atomic mass is 35.5. The Morgan fingerprint density at radius 3 is 2.43 bits per heavy atom. The Morgan fingerprint density at radius 2 is 1.87 bits per heavy atom. The van der Waals surface area contributed by atoms with E-state index in [-0.39, 0.29) is 6.42 Å². The third kappa shape index (κ3) is 3.54. The lowest BCUT2D eigenvalue weighted by atomic mass is 9.90. The van der Waals surface area contributed by atoms with E-state index in [1.807, 2.05) is 0 Å². The molecule has 6 heteroatoms. The first-order chi connectivity index (χ1) is 10.9. The van der Waals surface area contributed by atoms with Gasteiger partial charge in [0.2, 0.25) is 5.91 Å². The van der Waals surface area contributed by atoms with Gasteiger partial charge in [-0.1, -0.05) is 35.9 Å². The van der Waals surface area contributed by atoms with Crippen LogP contribution in [0.1, 0.15) is 11.1 Å². The summed E-state index contributed by atoms with van der Waals surface area (Å²) in [4.78, 5) is 10.6. The predicted molar refractivity (Wildman–Crippen MR) is 91.4 cm³/mol. The standard InChI is InChI=1S/C17H17Cl2NO3/c1-22-12-8-7-11(15(9-12)23-2)10-17(19,16(20)21)13-5-3-4-6-14(13)18/h3-9H,10H2,1-2H3,(H2,20,21). The SMILES string of the molecule is COc1ccc(CC(Cl)(C(N)=O)c2ccccc2Cl)c(OC)c1. The van der Waals surface area contributed by atoms with Gasteiger partial charge in [-0.25, -0.2) is 0 Å². The molecule has 0 aliphatic rings. The fourth-order valence-corrected chi connectivity index (χ4v) is 3.01. The zero-order valence-electron chi connectivity index (χ0n) is 12.8. The molecule has 0 heterocycles. The molecule has 2 N–H and O–H groups in total. The van der Waals surface area contributed by atoms with E-state index in [2.05, 4.69) is 0 Å². The third-order valence-corrected chi connectivity index (χ3v) is 4.47. The van der Waals surface area contributed by atoms with Crippen LogP contribution in [0.15, 0.2) is 42.5 Å². The molecule has 2 aromatic carbocycles. The van der Waals surface area contributed by atoms with E-state index in [0.29, 0.717) is 22.1 Å². The molecule has 0 radical (unpaired) electrons. The van der Waals surface area contributed by atoms with Crippen molar-refractivity contribution in [3.05, 3.63) is 58.6 Å². The molecule has 0 saturated heterocycles. The lowest BCUT2D eigenvalue weighted by molar-refractivity contribution is -0.120. The minimum Gasteiger partial charge on any atom is -0.497 e. The zero-order chi connectivity index (χ0) is 17.0. The molecule has 2 rings (SSSR count). The highest BCUT2D eigenvalue weighted by Crippen LogP contribution is 2.39. The van der Waals surface area contributed by atoms with Crippen molar-refractivity contribution in [1.82, 2.24) is 0 Å². The quantitative estimate of drug-likeness (QED) is 0.808. The van der Waals surface area contributed by atoms with E-state index in [1.165, 1.54) is 7.11 Å². The van der Waals surface area contributed by atoms with Crippen LogP contribution in [0, 0.1) is 0 Å². The van der Waals surface area contributed by atoms with Gasteiger partial charge in [-0.3, -0.25) is 4.79 Å². The average Bonchev–Trinajstić information content (AvgIpc) is 2.55. The molecule has 0 aliphatic carbocycles. The minimum atomic E-state index is -1.47. The topological polar surface area (TPSA) is 61.5 Å². The number of rotatable bonds is 6. The maximum absolute atomic E-state index is 12.1. The first kappa shape index (κ1) is 17.4. The monoisotopic (exact) mass is 353 g/mol. The molecule has 0 fully saturated rings. The molecule has 0 bridgehead atoms. The van der Waals surface area contributed by atoms with Crippen molar-refractivity contribution in [1.29, 1.82) is 0 Å². The van der Waals surface area contributed by atoms with Crippen molar-refractivity contribution in [2.24, 2.45) is 5.73 Å². The number of halogens is 2. The third-order valence-electron chi connectivity index (χ3n) is 3.62. The normalized spacial score (nSPS) is 13.2. The number of carbonyl (C=O) groups is 1. The van der Waals surface area contributed by atoms with Crippen molar-refractivity contribution < 1.29 is 14.3 Å². The summed E-state index contributed by atoms with van der Waals surface area (Å²) < 4.78 is 10.5. The Bertz CT molecular complexity index is 721. The number of benzene rings is 2. The van der Waals surface area contributed by atoms with Crippen LogP contribution in [0.4, 0.5) is 0 Å². The van der Waals surface area contributed by atoms with E-state index in [9.17, 15) is 4.79 Å². The molecule has 0 aromatic heterocycles. The molecule has 0 aliphatic heterocycles. The van der Waals surface area contributed by atoms with Crippen molar-refractivity contribution in [3.8, 4) is 11.5 Å². The van der Waals surface area contributed by atoms with Gasteiger partial charge in [0, 0.05) is 23.1 Å². The molecule has 1 unspecified atom stereocenters. The van der Waals surface area contributed by atoms with Gasteiger partial charge in [-0.2, -0.15) is 0 Å². The van der Waals surface area contributed by atoms with Gasteiger partial charge in [0.25, 0.3) is 0 Å². The first-order valence-corrected chi connectivity index (χ1v) is 7.62. The van der Waals surface area contributed by atoms with E-state index >= 15 is 0 Å². The summed E-state index contributed by atoms with van der Waals surface area (Å²) >= 11 is 12.8. The van der Waals surface area contributed by atoms with Gasteiger partial charge >= 0.3 is 0 Å². The van der Waals surface area contributed by atoms with Gasteiger partial charge in [-0.05, 0) is 17.7 Å². The van der Waals surface area contributed by atoms with Crippen molar-refractivity contribution >= 4 is 29.1 Å². The number of hydrogen-bond acceptors (Lipinski definition) is 3. The fourth-order valence-electron chi connectivity index (χ4n) is 2.36. The number of hydrogen-bond donors (Lipinski definition) is 1. The lowest BCUT2D eigenvalue weighted by Gasteiger charge is -2.26. The number of carbonyl (C=O) groups excluding carboxylic acids is 1. The second-order valence-corrected chi connectivity index (χ2v) is 6.05. The number of alkyl halides is 1. The molecule has 4 nitrogen and oxygen atoms in total. The maximum Gasteiger partial charge on any atom is 0.243 e. The van der Waals surface area contributed by atoms with Crippen molar-refractivity contribution in [2.45, 2.75) is 11.3 Å². The summed E-state index contributed by atoms with van der Waals surface area (Å²) in [5.41, 5.74) is 6.76. The molecular formula is C17H17Cl2NO3. The van der Waals surface area contributed by atoms with Crippen LogP contribution in [0.2, 0.25) is 5.02 Å². The smallest absolute Gasteiger partial charge is 0.243 e. The summed E-state index contributed by atoms with van der Waals surface area (Å²) in [6, 6.07) is 12.2. The van der Waals surface area contributed by atoms with Crippen LogP contribution < -0.4 is 15.2 Å². The summed E-state index contributed by atoms with van der Waals surface area (Å²) in [5, 5.41) is 0.383. The van der Waals surface area contributed by atoms with E-state index in [1.54, 1.807) is 49.6 Å². The maximum atomic E-state index is 12.1. The van der Waals surface area contributed by atoms with E-state index in [4.69, 9.17) is 38.4 Å². The summed E-state index contributed by atoms with van der Waals surface area (Å²) in [7, 11) is 3.10. The molecule has 1 atom stereocenters. The van der Waals surface area contributed by atoms with E-state index < -0.39 is 10.8 Å². The highest BCUT2D eigenvalue weighted by molar-refractivity contribution is 6.38. The van der Waals surface area contributed by atoms with Crippen molar-refractivity contribution in [3.63, 3.8) is 0 Å². The fraction of sp³-hybridized carbons (Fsp3) is 0.235. The molecule has 1 amide bonds. The van der Waals surface area contributed by atoms with Gasteiger partial charge in [0.15, 0.2) is 4.87 Å². The van der Waals surface area contributed by atoms with Gasteiger partial charge in [0.1, 0.15) is 11.5 Å². The van der Waals surface area contributed by atoms with Crippen LogP contribution in [-0.4, -0.2) is 20.1 Å². The number of amides is 1. The van der Waals surface area contributed by atoms with Gasteiger partial charge < -0.3 is 15.2 Å². The molecule has 0 saturated carbocycles. The summed E-state index contributed by atoms with van der Waals surface area (Å²) in [6.07, 6.45) is 0.140. The number of primary amides is 1. The Morgan fingerprint density at radius 1 is 1.17 bits per heavy atom. The van der Waals surface area contributed by atoms with Crippen LogP contribution in [-0.2, 0) is 16.1 Å². The number of nitrogens with two attached hydrogens (primary N) is 1. The Labute approximate surface area is 145 Å². The first-order valence-electron chi connectivity index (χ1n) is 6.87. The second-order valence-electron chi connectivity index (χ2n) is 5.00. The molecule has 0 spiro atoms. The number of methoxy groups -OCH3 is 2. The Kier molecular flexibility index (Phi) is 5.39. The largest absolute Gasteiger partial charge is 0.497 e. The molecule has 122 valence electrons. The highest BCUT2D eigenvalue weighted by Gasteiger charge is 2.39. The van der Waals surface area contributed by atoms with E-state index in [0.717, 1.165) is 5.56 Å². The zero-order valence-corrected chi connectivity index (χ0v) is 14.3. The summed E-state index contributed by atoms with van der Waals surface area (Å²) in [5.74, 6) is 0.524. The van der Waals surface area contributed by atoms with Gasteiger partial charge in [0.05, 0.1) is 14.2 Å². The average molecular weight is 354 g/mol. The second kappa shape index (κ2) is 7.11. The van der Waals surface area contributed by atoms with Gasteiger partial charge in [-0.15, -0.1) is 11.6 Å². The van der Waals surface area contributed by atoms with Crippen LogP contribution in [0.3, 0.4) is 0 Å². The Balaban J connectivity index is 2.49. The molecular weight excluding hydrogens is 337 g/mol. The van der Waals surface area contributed by atoms with Crippen LogP contribution in [0.5, 0.6) is 11.5 Å². The lowest BCUT2D eigenvalue weighted by Crippen LogP contribution is -2.38.